The summed E-state index contributed by atoms with van der Waals surface area (Å²) in [6.07, 6.45) is 3.02. The van der Waals surface area contributed by atoms with Crippen LogP contribution in [-0.4, -0.2) is 42.4 Å². The van der Waals surface area contributed by atoms with Crippen molar-refractivity contribution in [3.8, 4) is 0 Å². The molecule has 1 aromatic carbocycles. The van der Waals surface area contributed by atoms with Crippen LogP contribution in [-0.2, 0) is 13.6 Å². The van der Waals surface area contributed by atoms with E-state index in [1.807, 2.05) is 31.0 Å². The summed E-state index contributed by atoms with van der Waals surface area (Å²) in [5.41, 5.74) is 2.45. The number of anilines is 1. The van der Waals surface area contributed by atoms with Crippen molar-refractivity contribution in [3.63, 3.8) is 0 Å². The summed E-state index contributed by atoms with van der Waals surface area (Å²) in [5, 5.41) is 11.0. The van der Waals surface area contributed by atoms with Crippen molar-refractivity contribution in [3.05, 3.63) is 48.3 Å². The van der Waals surface area contributed by atoms with E-state index < -0.39 is 0 Å². The molecule has 24 heavy (non-hydrogen) atoms. The highest BCUT2D eigenvalue weighted by atomic mass is 15.3. The van der Waals surface area contributed by atoms with Gasteiger partial charge in [0.05, 0.1) is 12.2 Å². The maximum absolute atomic E-state index is 4.31. The first-order valence-electron chi connectivity index (χ1n) is 8.47. The number of benzene rings is 1. The van der Waals surface area contributed by atoms with Crippen LogP contribution < -0.4 is 15.5 Å². The van der Waals surface area contributed by atoms with E-state index >= 15 is 0 Å². The number of nitrogens with one attached hydrogen (secondary N) is 2. The minimum Gasteiger partial charge on any atom is -0.371 e. The quantitative estimate of drug-likeness (QED) is 0.647. The summed E-state index contributed by atoms with van der Waals surface area (Å²) in [4.78, 5) is 6.76. The van der Waals surface area contributed by atoms with E-state index in [1.54, 1.807) is 0 Å². The molecule has 1 unspecified atom stereocenters. The lowest BCUT2D eigenvalue weighted by atomic mass is 10.1. The molecule has 6 nitrogen and oxygen atoms in total. The molecule has 1 aromatic heterocycles. The Kier molecular flexibility index (Phi) is 5.36. The highest BCUT2D eigenvalue weighted by Crippen LogP contribution is 2.22. The number of hydrogen-bond acceptors (Lipinski definition) is 3. The predicted molar refractivity (Wildman–Crippen MR) is 98.2 cm³/mol. The maximum Gasteiger partial charge on any atom is 0.191 e. The van der Waals surface area contributed by atoms with Gasteiger partial charge in [-0.05, 0) is 30.5 Å². The van der Waals surface area contributed by atoms with Gasteiger partial charge in [0.1, 0.15) is 0 Å². The predicted octanol–water partition coefficient (Wildman–Crippen LogP) is 1.61. The Bertz CT molecular complexity index is 663. The molecule has 128 valence electrons. The Balaban J connectivity index is 1.44. The molecule has 0 radical (unpaired) electrons. The summed E-state index contributed by atoms with van der Waals surface area (Å²) in [5.74, 6) is 1.48. The fourth-order valence-electron chi connectivity index (χ4n) is 3.08. The second kappa shape index (κ2) is 7.86. The number of guanidine groups is 1. The Morgan fingerprint density at radius 1 is 1.25 bits per heavy atom. The second-order valence-corrected chi connectivity index (χ2v) is 6.19. The molecule has 2 aromatic rings. The Morgan fingerprint density at radius 3 is 2.79 bits per heavy atom. The van der Waals surface area contributed by atoms with Gasteiger partial charge in [-0.25, -0.2) is 0 Å². The number of nitrogens with zero attached hydrogens (tertiary/aromatic N) is 4. The zero-order chi connectivity index (χ0) is 16.8. The molecule has 1 atom stereocenters. The normalized spacial score (nSPS) is 18.0. The van der Waals surface area contributed by atoms with Crippen molar-refractivity contribution in [2.75, 3.05) is 31.6 Å². The van der Waals surface area contributed by atoms with Crippen molar-refractivity contribution in [2.24, 2.45) is 18.0 Å². The van der Waals surface area contributed by atoms with Crippen molar-refractivity contribution >= 4 is 11.6 Å². The zero-order valence-electron chi connectivity index (χ0n) is 14.4. The van der Waals surface area contributed by atoms with Crippen LogP contribution in [0.1, 0.15) is 12.1 Å². The molecule has 3 rings (SSSR count). The van der Waals surface area contributed by atoms with Crippen LogP contribution in [0.5, 0.6) is 0 Å². The third-order valence-corrected chi connectivity index (χ3v) is 4.55. The van der Waals surface area contributed by atoms with Gasteiger partial charge >= 0.3 is 0 Å². The standard InChI is InChI=1S/C18H26N6/c1-19-18(21-13-17-8-10-22-23(17)2)20-12-15-9-11-24(14-15)16-6-4-3-5-7-16/h3-8,10,15H,9,11-14H2,1-2H3,(H2,19,20,21). The molecule has 0 bridgehead atoms. The third-order valence-electron chi connectivity index (χ3n) is 4.55. The third kappa shape index (κ3) is 4.07. The topological polar surface area (TPSA) is 57.5 Å². The molecular weight excluding hydrogens is 300 g/mol. The summed E-state index contributed by atoms with van der Waals surface area (Å²) in [6.45, 7) is 3.87. The first kappa shape index (κ1) is 16.4. The van der Waals surface area contributed by atoms with Crippen molar-refractivity contribution < 1.29 is 0 Å². The van der Waals surface area contributed by atoms with E-state index in [0.29, 0.717) is 5.92 Å². The molecule has 1 aliphatic heterocycles. The van der Waals surface area contributed by atoms with Gasteiger partial charge in [0, 0.05) is 45.6 Å². The fraction of sp³-hybridized carbons (Fsp3) is 0.444. The van der Waals surface area contributed by atoms with Gasteiger partial charge in [0.25, 0.3) is 0 Å². The molecule has 0 amide bonds. The van der Waals surface area contributed by atoms with Gasteiger partial charge in [-0.15, -0.1) is 0 Å². The number of aromatic nitrogens is 2. The summed E-state index contributed by atoms with van der Waals surface area (Å²) >= 11 is 0. The summed E-state index contributed by atoms with van der Waals surface area (Å²) in [7, 11) is 3.76. The molecule has 1 fully saturated rings. The van der Waals surface area contributed by atoms with Crippen LogP contribution in [0.3, 0.4) is 0 Å². The number of rotatable bonds is 5. The van der Waals surface area contributed by atoms with Crippen LogP contribution in [0.15, 0.2) is 47.6 Å². The highest BCUT2D eigenvalue weighted by molar-refractivity contribution is 5.79. The largest absolute Gasteiger partial charge is 0.371 e. The van der Waals surface area contributed by atoms with Gasteiger partial charge in [0.2, 0.25) is 0 Å². The van der Waals surface area contributed by atoms with Crippen LogP contribution >= 0.6 is 0 Å². The van der Waals surface area contributed by atoms with E-state index in [4.69, 9.17) is 0 Å². The van der Waals surface area contributed by atoms with Crippen LogP contribution in [0.25, 0.3) is 0 Å². The Morgan fingerprint density at radius 2 is 2.08 bits per heavy atom. The lowest BCUT2D eigenvalue weighted by Crippen LogP contribution is -2.40. The highest BCUT2D eigenvalue weighted by Gasteiger charge is 2.22. The smallest absolute Gasteiger partial charge is 0.191 e. The number of hydrogen-bond donors (Lipinski definition) is 2. The molecule has 2 heterocycles. The average Bonchev–Trinajstić information content (AvgIpc) is 3.25. The Hall–Kier alpha value is -2.50. The lowest BCUT2D eigenvalue weighted by molar-refractivity contribution is 0.564. The molecular formula is C18H26N6. The molecule has 1 saturated heterocycles. The van der Waals surface area contributed by atoms with E-state index in [1.165, 1.54) is 12.1 Å². The first-order chi connectivity index (χ1) is 11.8. The lowest BCUT2D eigenvalue weighted by Gasteiger charge is -2.19. The zero-order valence-corrected chi connectivity index (χ0v) is 14.4. The van der Waals surface area contributed by atoms with Gasteiger partial charge < -0.3 is 15.5 Å². The summed E-state index contributed by atoms with van der Waals surface area (Å²) in [6, 6.07) is 12.6. The van der Waals surface area contributed by atoms with E-state index in [2.05, 4.69) is 56.0 Å². The van der Waals surface area contributed by atoms with E-state index in [9.17, 15) is 0 Å². The maximum atomic E-state index is 4.31. The van der Waals surface area contributed by atoms with Gasteiger partial charge in [-0.2, -0.15) is 5.10 Å². The van der Waals surface area contributed by atoms with Gasteiger partial charge in [0.15, 0.2) is 5.96 Å². The molecule has 2 N–H and O–H groups in total. The van der Waals surface area contributed by atoms with Crippen LogP contribution in [0, 0.1) is 5.92 Å². The molecule has 1 aliphatic rings. The van der Waals surface area contributed by atoms with Gasteiger partial charge in [-0.3, -0.25) is 9.67 Å². The van der Waals surface area contributed by atoms with Gasteiger partial charge in [-0.1, -0.05) is 18.2 Å². The minimum absolute atomic E-state index is 0.639. The average molecular weight is 326 g/mol. The van der Waals surface area contributed by atoms with Crippen molar-refractivity contribution in [1.29, 1.82) is 0 Å². The minimum atomic E-state index is 0.639. The molecule has 6 heteroatoms. The van der Waals surface area contributed by atoms with Crippen LogP contribution in [0.4, 0.5) is 5.69 Å². The summed E-state index contributed by atoms with van der Waals surface area (Å²) < 4.78 is 1.87. The van der Waals surface area contributed by atoms with Crippen LogP contribution in [0.2, 0.25) is 0 Å². The van der Waals surface area contributed by atoms with Crippen molar-refractivity contribution in [1.82, 2.24) is 20.4 Å². The fourth-order valence-corrected chi connectivity index (χ4v) is 3.08. The Labute approximate surface area is 143 Å². The monoisotopic (exact) mass is 326 g/mol. The number of aryl methyl sites for hydroxylation is 1. The number of aliphatic imine (C=N–C) groups is 1. The number of para-hydroxylation sites is 1. The molecule has 0 aliphatic carbocycles. The van der Waals surface area contributed by atoms with E-state index in [-0.39, 0.29) is 0 Å². The second-order valence-electron chi connectivity index (χ2n) is 6.19. The van der Waals surface area contributed by atoms with Crippen molar-refractivity contribution in [2.45, 2.75) is 13.0 Å². The first-order valence-corrected chi connectivity index (χ1v) is 8.47. The SMILES string of the molecule is CN=C(NCc1ccnn1C)NCC1CCN(c2ccccc2)C1. The molecule has 0 saturated carbocycles. The van der Waals surface area contributed by atoms with E-state index in [0.717, 1.165) is 37.8 Å². The molecule has 0 spiro atoms.